The highest BCUT2D eigenvalue weighted by Gasteiger charge is 2.26. The van der Waals surface area contributed by atoms with Crippen molar-refractivity contribution in [2.75, 3.05) is 13.1 Å². The number of hydrogen-bond acceptors (Lipinski definition) is 3. The average Bonchev–Trinajstić information content (AvgIpc) is 2.85. The third-order valence-electron chi connectivity index (χ3n) is 5.22. The molecule has 1 aromatic heterocycles. The number of piperidine rings is 1. The fourth-order valence-corrected chi connectivity index (χ4v) is 3.61. The molecule has 0 spiro atoms. The lowest BCUT2D eigenvalue weighted by atomic mass is 9.97. The van der Waals surface area contributed by atoms with Crippen molar-refractivity contribution in [3.63, 3.8) is 0 Å². The molecule has 0 amide bonds. The number of aryl methyl sites for hydroxylation is 2. The van der Waals surface area contributed by atoms with Crippen molar-refractivity contribution in [3.05, 3.63) is 52.3 Å². The lowest BCUT2D eigenvalue weighted by Crippen LogP contribution is -2.38. The third-order valence-corrected chi connectivity index (χ3v) is 5.22. The maximum Gasteiger partial charge on any atom is 0.307 e. The molecule has 25 heavy (non-hydrogen) atoms. The summed E-state index contributed by atoms with van der Waals surface area (Å²) in [7, 11) is 0. The molecule has 5 heteroatoms. The van der Waals surface area contributed by atoms with Crippen LogP contribution in [0.15, 0.2) is 24.3 Å². The zero-order valence-corrected chi connectivity index (χ0v) is 15.3. The van der Waals surface area contributed by atoms with Crippen LogP contribution in [0.25, 0.3) is 0 Å². The molecule has 1 atom stereocenters. The van der Waals surface area contributed by atoms with Gasteiger partial charge in [0.2, 0.25) is 0 Å². The van der Waals surface area contributed by atoms with Crippen LogP contribution in [0.1, 0.15) is 40.9 Å². The molecule has 5 nitrogen and oxygen atoms in total. The minimum absolute atomic E-state index is 0.239. The van der Waals surface area contributed by atoms with Crippen molar-refractivity contribution in [1.82, 2.24) is 14.7 Å². The molecule has 0 aliphatic carbocycles. The smallest absolute Gasteiger partial charge is 0.307 e. The second-order valence-corrected chi connectivity index (χ2v) is 7.21. The Balaban J connectivity index is 1.73. The van der Waals surface area contributed by atoms with E-state index < -0.39 is 5.97 Å². The molecule has 1 N–H and O–H groups in total. The zero-order chi connectivity index (χ0) is 18.0. The molecular formula is C20H27N3O2. The number of carboxylic acid groups (broad SMARTS) is 1. The van der Waals surface area contributed by atoms with E-state index in [1.807, 2.05) is 6.92 Å². The van der Waals surface area contributed by atoms with E-state index in [4.69, 9.17) is 5.10 Å². The van der Waals surface area contributed by atoms with Gasteiger partial charge in [-0.25, -0.2) is 0 Å². The van der Waals surface area contributed by atoms with Crippen molar-refractivity contribution >= 4 is 5.97 Å². The van der Waals surface area contributed by atoms with Crippen LogP contribution < -0.4 is 0 Å². The van der Waals surface area contributed by atoms with E-state index in [1.165, 1.54) is 22.4 Å². The molecule has 1 aliphatic rings. The van der Waals surface area contributed by atoms with Crippen LogP contribution in [-0.4, -0.2) is 38.8 Å². The lowest BCUT2D eigenvalue weighted by molar-refractivity contribution is -0.143. The third kappa shape index (κ3) is 4.10. The Bertz CT molecular complexity index is 749. The van der Waals surface area contributed by atoms with E-state index in [0.29, 0.717) is 6.54 Å². The van der Waals surface area contributed by atoms with E-state index in [-0.39, 0.29) is 5.92 Å². The summed E-state index contributed by atoms with van der Waals surface area (Å²) in [6, 6.07) is 8.55. The van der Waals surface area contributed by atoms with Gasteiger partial charge >= 0.3 is 5.97 Å². The highest BCUT2D eigenvalue weighted by Crippen LogP contribution is 2.22. The molecular weight excluding hydrogens is 314 g/mol. The molecule has 0 saturated carbocycles. The van der Waals surface area contributed by atoms with Crippen molar-refractivity contribution in [2.24, 2.45) is 5.92 Å². The van der Waals surface area contributed by atoms with Gasteiger partial charge in [0.15, 0.2) is 0 Å². The largest absolute Gasteiger partial charge is 0.481 e. The van der Waals surface area contributed by atoms with Gasteiger partial charge in [-0.15, -0.1) is 0 Å². The van der Waals surface area contributed by atoms with Gasteiger partial charge in [-0.1, -0.05) is 29.8 Å². The maximum absolute atomic E-state index is 11.3. The van der Waals surface area contributed by atoms with E-state index in [1.54, 1.807) is 0 Å². The number of rotatable bonds is 5. The zero-order valence-electron chi connectivity index (χ0n) is 15.3. The fourth-order valence-electron chi connectivity index (χ4n) is 3.61. The Morgan fingerprint density at radius 1 is 1.20 bits per heavy atom. The second-order valence-electron chi connectivity index (χ2n) is 7.21. The van der Waals surface area contributed by atoms with Crippen molar-refractivity contribution in [3.8, 4) is 0 Å². The number of hydrogen-bond donors (Lipinski definition) is 1. The highest BCUT2D eigenvalue weighted by molar-refractivity contribution is 5.70. The Labute approximate surface area is 149 Å². The Kier molecular flexibility index (Phi) is 5.23. The fraction of sp³-hybridized carbons (Fsp3) is 0.500. The number of nitrogens with zero attached hydrogens (tertiary/aromatic N) is 3. The number of likely N-dealkylation sites (tertiary alicyclic amines) is 1. The molecule has 2 heterocycles. The summed E-state index contributed by atoms with van der Waals surface area (Å²) >= 11 is 0. The summed E-state index contributed by atoms with van der Waals surface area (Å²) in [5.74, 6) is -0.912. The molecule has 2 aromatic rings. The minimum atomic E-state index is -0.673. The molecule has 0 bridgehead atoms. The summed E-state index contributed by atoms with van der Waals surface area (Å²) in [5, 5.41) is 14.0. The first-order valence-corrected chi connectivity index (χ1v) is 8.97. The number of aromatic nitrogens is 2. The summed E-state index contributed by atoms with van der Waals surface area (Å²) < 4.78 is 2.06. The van der Waals surface area contributed by atoms with E-state index >= 15 is 0 Å². The highest BCUT2D eigenvalue weighted by atomic mass is 16.4. The van der Waals surface area contributed by atoms with Crippen LogP contribution in [0.2, 0.25) is 0 Å². The number of benzene rings is 1. The Morgan fingerprint density at radius 2 is 1.92 bits per heavy atom. The molecule has 3 rings (SSSR count). The Hall–Kier alpha value is -2.14. The number of carboxylic acids is 1. The second kappa shape index (κ2) is 7.40. The van der Waals surface area contributed by atoms with Crippen LogP contribution in [-0.2, 0) is 17.9 Å². The summed E-state index contributed by atoms with van der Waals surface area (Å²) in [4.78, 5) is 13.5. The van der Waals surface area contributed by atoms with Crippen molar-refractivity contribution < 1.29 is 9.90 Å². The van der Waals surface area contributed by atoms with Crippen LogP contribution >= 0.6 is 0 Å². The molecule has 1 aliphatic heterocycles. The Morgan fingerprint density at radius 3 is 2.60 bits per heavy atom. The monoisotopic (exact) mass is 341 g/mol. The van der Waals surface area contributed by atoms with Gasteiger partial charge < -0.3 is 5.11 Å². The molecule has 0 radical (unpaired) electrons. The van der Waals surface area contributed by atoms with Gasteiger partial charge in [0.05, 0.1) is 18.2 Å². The number of aliphatic carboxylic acids is 1. The molecule has 1 saturated heterocycles. The van der Waals surface area contributed by atoms with Crippen LogP contribution in [0.3, 0.4) is 0 Å². The topological polar surface area (TPSA) is 58.4 Å². The first kappa shape index (κ1) is 17.7. The van der Waals surface area contributed by atoms with Gasteiger partial charge in [0.25, 0.3) is 0 Å². The lowest BCUT2D eigenvalue weighted by Gasteiger charge is -2.30. The van der Waals surface area contributed by atoms with E-state index in [0.717, 1.165) is 38.2 Å². The average molecular weight is 341 g/mol. The predicted octanol–water partition coefficient (Wildman–Crippen LogP) is 3.15. The van der Waals surface area contributed by atoms with E-state index in [2.05, 4.69) is 47.7 Å². The van der Waals surface area contributed by atoms with Crippen molar-refractivity contribution in [2.45, 2.75) is 46.7 Å². The standard InChI is InChI=1S/C20H27N3O2/c1-14-6-8-17(9-7-14)11-23-16(3)19(15(2)21-23)13-22-10-4-5-18(12-22)20(24)25/h6-9,18H,4-5,10-13H2,1-3H3,(H,24,25). The summed E-state index contributed by atoms with van der Waals surface area (Å²) in [6.07, 6.45) is 1.74. The van der Waals surface area contributed by atoms with Gasteiger partial charge in [-0.05, 0) is 45.7 Å². The molecule has 1 unspecified atom stereocenters. The van der Waals surface area contributed by atoms with Gasteiger partial charge in [-0.2, -0.15) is 5.10 Å². The molecule has 1 fully saturated rings. The summed E-state index contributed by atoms with van der Waals surface area (Å²) in [6.45, 7) is 9.41. The van der Waals surface area contributed by atoms with Gasteiger partial charge in [-0.3, -0.25) is 14.4 Å². The van der Waals surface area contributed by atoms with Crippen LogP contribution in [0.5, 0.6) is 0 Å². The molecule has 134 valence electrons. The van der Waals surface area contributed by atoms with Gasteiger partial charge in [0.1, 0.15) is 0 Å². The summed E-state index contributed by atoms with van der Waals surface area (Å²) in [5.41, 5.74) is 5.96. The first-order chi connectivity index (χ1) is 11.9. The number of carbonyl (C=O) groups is 1. The quantitative estimate of drug-likeness (QED) is 0.907. The van der Waals surface area contributed by atoms with Crippen LogP contribution in [0, 0.1) is 26.7 Å². The van der Waals surface area contributed by atoms with Crippen LogP contribution in [0.4, 0.5) is 0 Å². The normalized spacial score (nSPS) is 18.4. The van der Waals surface area contributed by atoms with Gasteiger partial charge in [0, 0.05) is 24.3 Å². The minimum Gasteiger partial charge on any atom is -0.481 e. The van der Waals surface area contributed by atoms with E-state index in [9.17, 15) is 9.90 Å². The molecule has 1 aromatic carbocycles. The van der Waals surface area contributed by atoms with Crippen molar-refractivity contribution in [1.29, 1.82) is 0 Å². The SMILES string of the molecule is Cc1ccc(Cn2nc(C)c(CN3CCCC(C(=O)O)C3)c2C)cc1. The predicted molar refractivity (Wildman–Crippen MR) is 97.6 cm³/mol. The first-order valence-electron chi connectivity index (χ1n) is 8.97. The maximum atomic E-state index is 11.3.